The third kappa shape index (κ3) is 2.42. The Bertz CT molecular complexity index is 479. The van der Waals surface area contributed by atoms with Gasteiger partial charge in [-0.2, -0.15) is 4.98 Å². The molecule has 0 aliphatic carbocycles. The van der Waals surface area contributed by atoms with E-state index in [1.54, 1.807) is 7.11 Å². The molecule has 0 bridgehead atoms. The SMILES string of the molecule is COc1nc(N2CCC3C(CCCN3C)C2)ccc1N. The van der Waals surface area contributed by atoms with Crippen LogP contribution in [-0.4, -0.2) is 49.7 Å². The minimum atomic E-state index is 0.533. The number of methoxy groups -OCH3 is 1. The number of fused-ring (bicyclic) bond motifs is 1. The van der Waals surface area contributed by atoms with Gasteiger partial charge in [-0.3, -0.25) is 0 Å². The number of nitrogen functional groups attached to an aromatic ring is 1. The number of hydrogen-bond donors (Lipinski definition) is 1. The van der Waals surface area contributed by atoms with Crippen molar-refractivity contribution in [2.45, 2.75) is 25.3 Å². The molecule has 3 rings (SSSR count). The molecule has 0 saturated carbocycles. The van der Waals surface area contributed by atoms with Crippen molar-refractivity contribution in [3.05, 3.63) is 12.1 Å². The summed E-state index contributed by atoms with van der Waals surface area (Å²) in [7, 11) is 3.88. The maximum Gasteiger partial charge on any atom is 0.238 e. The fourth-order valence-corrected chi connectivity index (χ4v) is 3.64. The highest BCUT2D eigenvalue weighted by atomic mass is 16.5. The van der Waals surface area contributed by atoms with E-state index in [1.807, 2.05) is 12.1 Å². The molecule has 3 heterocycles. The van der Waals surface area contributed by atoms with Gasteiger partial charge in [0.15, 0.2) is 0 Å². The van der Waals surface area contributed by atoms with Gasteiger partial charge in [-0.15, -0.1) is 0 Å². The topological polar surface area (TPSA) is 54.6 Å². The van der Waals surface area contributed by atoms with Gasteiger partial charge in [0, 0.05) is 19.1 Å². The average Bonchev–Trinajstić information content (AvgIpc) is 2.47. The summed E-state index contributed by atoms with van der Waals surface area (Å²) in [4.78, 5) is 9.44. The second kappa shape index (κ2) is 5.48. The lowest BCUT2D eigenvalue weighted by Gasteiger charge is -2.46. The second-order valence-electron chi connectivity index (χ2n) is 5.95. The first-order valence-electron chi connectivity index (χ1n) is 7.44. The molecule has 2 saturated heterocycles. The van der Waals surface area contributed by atoms with Crippen LogP contribution >= 0.6 is 0 Å². The number of aromatic nitrogens is 1. The first-order valence-corrected chi connectivity index (χ1v) is 7.44. The number of ether oxygens (including phenoxy) is 1. The van der Waals surface area contributed by atoms with Crippen molar-refractivity contribution in [1.82, 2.24) is 9.88 Å². The van der Waals surface area contributed by atoms with Crippen LogP contribution in [0.1, 0.15) is 19.3 Å². The lowest BCUT2D eigenvalue weighted by molar-refractivity contribution is 0.102. The Morgan fingerprint density at radius 3 is 2.95 bits per heavy atom. The van der Waals surface area contributed by atoms with Crippen LogP contribution in [0.25, 0.3) is 0 Å². The molecular weight excluding hydrogens is 252 g/mol. The zero-order valence-corrected chi connectivity index (χ0v) is 12.4. The van der Waals surface area contributed by atoms with Crippen LogP contribution in [0.3, 0.4) is 0 Å². The molecular formula is C15H24N4O. The summed E-state index contributed by atoms with van der Waals surface area (Å²) < 4.78 is 5.23. The van der Waals surface area contributed by atoms with E-state index in [2.05, 4.69) is 21.8 Å². The molecule has 2 N–H and O–H groups in total. The van der Waals surface area contributed by atoms with Crippen molar-refractivity contribution in [2.24, 2.45) is 5.92 Å². The Morgan fingerprint density at radius 2 is 2.15 bits per heavy atom. The van der Waals surface area contributed by atoms with Crippen molar-refractivity contribution in [1.29, 1.82) is 0 Å². The lowest BCUT2D eigenvalue weighted by atomic mass is 9.84. The zero-order valence-electron chi connectivity index (χ0n) is 12.4. The normalized spacial score (nSPS) is 27.2. The van der Waals surface area contributed by atoms with Gasteiger partial charge in [-0.1, -0.05) is 0 Å². The molecule has 2 fully saturated rings. The molecule has 2 aliphatic heterocycles. The van der Waals surface area contributed by atoms with Crippen LogP contribution in [0.15, 0.2) is 12.1 Å². The number of rotatable bonds is 2. The molecule has 5 heteroatoms. The lowest BCUT2D eigenvalue weighted by Crippen LogP contribution is -2.52. The highest BCUT2D eigenvalue weighted by Crippen LogP contribution is 2.32. The number of nitrogens with zero attached hydrogens (tertiary/aromatic N) is 3. The van der Waals surface area contributed by atoms with Crippen molar-refractivity contribution >= 4 is 11.5 Å². The summed E-state index contributed by atoms with van der Waals surface area (Å²) in [6, 6.07) is 4.64. The largest absolute Gasteiger partial charge is 0.479 e. The van der Waals surface area contributed by atoms with Gasteiger partial charge >= 0.3 is 0 Å². The van der Waals surface area contributed by atoms with Gasteiger partial charge in [0.1, 0.15) is 5.82 Å². The average molecular weight is 276 g/mol. The first-order chi connectivity index (χ1) is 9.69. The Hall–Kier alpha value is -1.49. The van der Waals surface area contributed by atoms with Crippen molar-refractivity contribution in [2.75, 3.05) is 44.4 Å². The van der Waals surface area contributed by atoms with Crippen molar-refractivity contribution < 1.29 is 4.74 Å². The number of pyridine rings is 1. The molecule has 1 aromatic heterocycles. The molecule has 20 heavy (non-hydrogen) atoms. The van der Waals surface area contributed by atoms with Gasteiger partial charge in [0.25, 0.3) is 0 Å². The molecule has 2 atom stereocenters. The molecule has 2 aliphatic rings. The summed E-state index contributed by atoms with van der Waals surface area (Å²) in [5.41, 5.74) is 6.44. The van der Waals surface area contributed by atoms with Crippen LogP contribution in [0.2, 0.25) is 0 Å². The van der Waals surface area contributed by atoms with E-state index in [0.29, 0.717) is 11.6 Å². The molecule has 110 valence electrons. The monoisotopic (exact) mass is 276 g/mol. The quantitative estimate of drug-likeness (QED) is 0.889. The minimum Gasteiger partial charge on any atom is -0.479 e. The van der Waals surface area contributed by atoms with Crippen LogP contribution in [0.5, 0.6) is 5.88 Å². The second-order valence-corrected chi connectivity index (χ2v) is 5.95. The van der Waals surface area contributed by atoms with E-state index >= 15 is 0 Å². The maximum atomic E-state index is 5.84. The number of likely N-dealkylation sites (tertiary alicyclic amines) is 1. The molecule has 0 amide bonds. The first kappa shape index (κ1) is 13.5. The molecule has 5 nitrogen and oxygen atoms in total. The fourth-order valence-electron chi connectivity index (χ4n) is 3.64. The third-order valence-electron chi connectivity index (χ3n) is 4.74. The van der Waals surface area contributed by atoms with Crippen LogP contribution in [0, 0.1) is 5.92 Å². The van der Waals surface area contributed by atoms with Gasteiger partial charge in [0.2, 0.25) is 5.88 Å². The minimum absolute atomic E-state index is 0.533. The summed E-state index contributed by atoms with van der Waals surface area (Å²) in [6.45, 7) is 3.40. The predicted molar refractivity (Wildman–Crippen MR) is 81.2 cm³/mol. The van der Waals surface area contributed by atoms with Gasteiger partial charge in [-0.25, -0.2) is 0 Å². The summed E-state index contributed by atoms with van der Waals surface area (Å²) in [6.07, 6.45) is 3.86. The maximum absolute atomic E-state index is 5.84. The molecule has 0 radical (unpaired) electrons. The smallest absolute Gasteiger partial charge is 0.238 e. The fraction of sp³-hybridized carbons (Fsp3) is 0.667. The summed E-state index contributed by atoms with van der Waals surface area (Å²) in [5, 5.41) is 0. The standard InChI is InChI=1S/C15H24N4O/c1-18-8-3-4-11-10-19(9-7-13(11)18)14-6-5-12(16)15(17-14)20-2/h5-6,11,13H,3-4,7-10,16H2,1-2H3. The highest BCUT2D eigenvalue weighted by Gasteiger charge is 2.34. The number of hydrogen-bond acceptors (Lipinski definition) is 5. The zero-order chi connectivity index (χ0) is 14.1. The van der Waals surface area contributed by atoms with Crippen molar-refractivity contribution in [3.8, 4) is 5.88 Å². The van der Waals surface area contributed by atoms with E-state index in [9.17, 15) is 0 Å². The van der Waals surface area contributed by atoms with E-state index in [4.69, 9.17) is 10.5 Å². The van der Waals surface area contributed by atoms with Crippen LogP contribution in [0.4, 0.5) is 11.5 Å². The van der Waals surface area contributed by atoms with Gasteiger partial charge in [-0.05, 0) is 50.9 Å². The van der Waals surface area contributed by atoms with Crippen molar-refractivity contribution in [3.63, 3.8) is 0 Å². The Balaban J connectivity index is 1.76. The Kier molecular flexibility index (Phi) is 3.70. The molecule has 0 aromatic carbocycles. The third-order valence-corrected chi connectivity index (χ3v) is 4.74. The number of piperidine rings is 2. The van der Waals surface area contributed by atoms with E-state index in [1.165, 1.54) is 25.8 Å². The summed E-state index contributed by atoms with van der Waals surface area (Å²) in [5.74, 6) is 2.28. The van der Waals surface area contributed by atoms with Crippen LogP contribution in [-0.2, 0) is 0 Å². The number of nitrogens with two attached hydrogens (primary N) is 1. The van der Waals surface area contributed by atoms with E-state index in [-0.39, 0.29) is 0 Å². The molecule has 1 aromatic rings. The summed E-state index contributed by atoms with van der Waals surface area (Å²) >= 11 is 0. The Labute approximate surface area is 120 Å². The number of anilines is 2. The van der Waals surface area contributed by atoms with Gasteiger partial charge < -0.3 is 20.3 Å². The van der Waals surface area contributed by atoms with Gasteiger partial charge in [0.05, 0.1) is 12.8 Å². The highest BCUT2D eigenvalue weighted by molar-refractivity contribution is 5.54. The Morgan fingerprint density at radius 1 is 1.30 bits per heavy atom. The molecule has 2 unspecified atom stereocenters. The van der Waals surface area contributed by atoms with Crippen LogP contribution < -0.4 is 15.4 Å². The molecule has 0 spiro atoms. The van der Waals surface area contributed by atoms with E-state index in [0.717, 1.165) is 30.9 Å². The van der Waals surface area contributed by atoms with E-state index < -0.39 is 0 Å². The predicted octanol–water partition coefficient (Wildman–Crippen LogP) is 1.59.